The number of methoxy groups -OCH3 is 1. The van der Waals surface area contributed by atoms with Crippen molar-refractivity contribution in [3.8, 4) is 5.88 Å². The van der Waals surface area contributed by atoms with E-state index in [1.54, 1.807) is 6.07 Å². The number of carboxylic acid groups (broad SMARTS) is 1. The largest absolute Gasteiger partial charge is 0.481 e. The zero-order valence-electron chi connectivity index (χ0n) is 11.1. The van der Waals surface area contributed by atoms with Crippen molar-refractivity contribution in [1.29, 1.82) is 0 Å². The van der Waals surface area contributed by atoms with Crippen LogP contribution in [-0.4, -0.2) is 28.2 Å². The lowest BCUT2D eigenvalue weighted by atomic mass is 9.98. The van der Waals surface area contributed by atoms with E-state index >= 15 is 0 Å². The Morgan fingerprint density at radius 1 is 1.52 bits per heavy atom. The molecule has 0 spiro atoms. The third-order valence-corrected chi connectivity index (χ3v) is 3.41. The van der Waals surface area contributed by atoms with E-state index in [1.807, 2.05) is 0 Å². The van der Waals surface area contributed by atoms with Gasteiger partial charge in [-0.2, -0.15) is 4.98 Å². The van der Waals surface area contributed by atoms with E-state index in [2.05, 4.69) is 25.9 Å². The molecule has 5 nitrogen and oxygen atoms in total. The Morgan fingerprint density at radius 2 is 2.29 bits per heavy atom. The minimum atomic E-state index is -1.08. The second-order valence-corrected chi connectivity index (χ2v) is 5.16. The lowest BCUT2D eigenvalue weighted by molar-refractivity contribution is -0.139. The second kappa shape index (κ2) is 6.62. The van der Waals surface area contributed by atoms with Crippen LogP contribution in [0, 0.1) is 5.82 Å². The van der Waals surface area contributed by atoms with E-state index in [0.717, 1.165) is 0 Å². The maximum Gasteiger partial charge on any atom is 0.314 e. The minimum Gasteiger partial charge on any atom is -0.481 e. The number of hydrogen-bond acceptors (Lipinski definition) is 4. The van der Waals surface area contributed by atoms with Gasteiger partial charge < -0.3 is 9.84 Å². The molecule has 1 heterocycles. The molecule has 0 amide bonds. The summed E-state index contributed by atoms with van der Waals surface area (Å²) >= 11 is 3.21. The van der Waals surface area contributed by atoms with Crippen molar-refractivity contribution >= 4 is 21.9 Å². The quantitative estimate of drug-likeness (QED) is 0.893. The molecular weight excluding hydrogens is 343 g/mol. The van der Waals surface area contributed by atoms with Gasteiger partial charge in [0.15, 0.2) is 0 Å². The molecule has 0 aliphatic rings. The van der Waals surface area contributed by atoms with Gasteiger partial charge in [-0.05, 0) is 40.0 Å². The Morgan fingerprint density at radius 3 is 2.90 bits per heavy atom. The number of nitrogens with zero attached hydrogens (tertiary/aromatic N) is 2. The van der Waals surface area contributed by atoms with Crippen LogP contribution >= 0.6 is 15.9 Å². The number of ether oxygens (including phenoxy) is 1. The lowest BCUT2D eigenvalue weighted by Crippen LogP contribution is -2.18. The molecule has 2 aromatic rings. The monoisotopic (exact) mass is 354 g/mol. The van der Waals surface area contributed by atoms with Crippen molar-refractivity contribution in [2.75, 3.05) is 7.11 Å². The number of benzene rings is 1. The number of carbonyl (C=O) groups is 1. The molecule has 0 fully saturated rings. The van der Waals surface area contributed by atoms with E-state index in [-0.39, 0.29) is 18.1 Å². The summed E-state index contributed by atoms with van der Waals surface area (Å²) in [5.41, 5.74) is 0.563. The topological polar surface area (TPSA) is 72.3 Å². The zero-order valence-corrected chi connectivity index (χ0v) is 12.7. The normalized spacial score (nSPS) is 12.0. The van der Waals surface area contributed by atoms with Gasteiger partial charge in [-0.3, -0.25) is 4.79 Å². The van der Waals surface area contributed by atoms with Crippen molar-refractivity contribution in [3.05, 3.63) is 52.1 Å². The Kier molecular flexibility index (Phi) is 4.85. The Hall–Kier alpha value is -2.02. The minimum absolute atomic E-state index is 0.0951. The summed E-state index contributed by atoms with van der Waals surface area (Å²) in [6, 6.07) is 5.80. The summed E-state index contributed by atoms with van der Waals surface area (Å²) in [6.07, 6.45) is 1.53. The van der Waals surface area contributed by atoms with Crippen LogP contribution in [0.4, 0.5) is 4.39 Å². The van der Waals surface area contributed by atoms with Gasteiger partial charge in [-0.25, -0.2) is 9.37 Å². The van der Waals surface area contributed by atoms with Crippen LogP contribution in [0.15, 0.2) is 34.9 Å². The fourth-order valence-electron chi connectivity index (χ4n) is 1.86. The van der Waals surface area contributed by atoms with Gasteiger partial charge in [0.25, 0.3) is 0 Å². The molecule has 0 radical (unpaired) electrons. The molecule has 0 saturated carbocycles. The molecule has 21 heavy (non-hydrogen) atoms. The molecule has 0 bridgehead atoms. The van der Waals surface area contributed by atoms with Crippen molar-refractivity contribution in [2.45, 2.75) is 12.3 Å². The first kappa shape index (κ1) is 15.4. The maximum absolute atomic E-state index is 13.2. The van der Waals surface area contributed by atoms with Crippen molar-refractivity contribution in [1.82, 2.24) is 9.97 Å². The van der Waals surface area contributed by atoms with E-state index in [4.69, 9.17) is 4.74 Å². The molecule has 0 aliphatic carbocycles. The highest BCUT2D eigenvalue weighted by molar-refractivity contribution is 9.10. The van der Waals surface area contributed by atoms with Crippen LogP contribution in [0.5, 0.6) is 5.88 Å². The molecular formula is C14H12BrFN2O3. The Bertz CT molecular complexity index is 666. The van der Waals surface area contributed by atoms with Crippen LogP contribution in [0.2, 0.25) is 0 Å². The van der Waals surface area contributed by atoms with Gasteiger partial charge in [0, 0.05) is 6.20 Å². The van der Waals surface area contributed by atoms with Crippen molar-refractivity contribution in [3.63, 3.8) is 0 Å². The Labute approximate surface area is 128 Å². The summed E-state index contributed by atoms with van der Waals surface area (Å²) in [6.45, 7) is 0. The van der Waals surface area contributed by atoms with E-state index in [1.165, 1.54) is 31.5 Å². The number of aromatic nitrogens is 2. The van der Waals surface area contributed by atoms with Crippen LogP contribution in [0.1, 0.15) is 17.3 Å². The van der Waals surface area contributed by atoms with Gasteiger partial charge in [0.2, 0.25) is 5.88 Å². The predicted molar refractivity (Wildman–Crippen MR) is 76.8 cm³/mol. The fraction of sp³-hybridized carbons (Fsp3) is 0.214. The van der Waals surface area contributed by atoms with Gasteiger partial charge in [-0.1, -0.05) is 12.1 Å². The van der Waals surface area contributed by atoms with Gasteiger partial charge in [0.05, 0.1) is 11.6 Å². The number of halogens is 2. The van der Waals surface area contributed by atoms with E-state index in [9.17, 15) is 14.3 Å². The summed E-state index contributed by atoms with van der Waals surface area (Å²) in [5, 5.41) is 9.36. The zero-order chi connectivity index (χ0) is 15.4. The average Bonchev–Trinajstić information content (AvgIpc) is 2.45. The SMILES string of the molecule is COc1nc(C(Cc2cccc(F)c2)C(=O)O)ncc1Br. The molecule has 1 N–H and O–H groups in total. The van der Waals surface area contributed by atoms with Gasteiger partial charge in [-0.15, -0.1) is 0 Å². The van der Waals surface area contributed by atoms with Gasteiger partial charge in [0.1, 0.15) is 17.6 Å². The molecule has 2 rings (SSSR count). The molecule has 0 aliphatic heterocycles. The molecule has 1 unspecified atom stereocenters. The van der Waals surface area contributed by atoms with Crippen LogP contribution in [0.3, 0.4) is 0 Å². The standard InChI is InChI=1S/C14H12BrFN2O3/c1-21-13-11(15)7-17-12(18-13)10(14(19)20)6-8-3-2-4-9(16)5-8/h2-5,7,10H,6H2,1H3,(H,19,20). The Balaban J connectivity index is 2.33. The van der Waals surface area contributed by atoms with Crippen LogP contribution in [0.25, 0.3) is 0 Å². The van der Waals surface area contributed by atoms with Crippen LogP contribution in [-0.2, 0) is 11.2 Å². The summed E-state index contributed by atoms with van der Waals surface area (Å²) in [5.74, 6) is -2.10. The highest BCUT2D eigenvalue weighted by Crippen LogP contribution is 2.25. The third kappa shape index (κ3) is 3.75. The van der Waals surface area contributed by atoms with E-state index < -0.39 is 17.7 Å². The highest BCUT2D eigenvalue weighted by atomic mass is 79.9. The molecule has 1 aromatic carbocycles. The summed E-state index contributed by atoms with van der Waals surface area (Å²) in [7, 11) is 1.43. The number of hydrogen-bond donors (Lipinski definition) is 1. The molecule has 1 atom stereocenters. The summed E-state index contributed by atoms with van der Waals surface area (Å²) < 4.78 is 18.8. The number of rotatable bonds is 5. The van der Waals surface area contributed by atoms with Gasteiger partial charge >= 0.3 is 5.97 Å². The molecule has 7 heteroatoms. The third-order valence-electron chi connectivity index (χ3n) is 2.86. The predicted octanol–water partition coefficient (Wildman–Crippen LogP) is 2.80. The van der Waals surface area contributed by atoms with Crippen molar-refractivity contribution < 1.29 is 19.0 Å². The highest BCUT2D eigenvalue weighted by Gasteiger charge is 2.24. The van der Waals surface area contributed by atoms with E-state index in [0.29, 0.717) is 10.0 Å². The molecule has 110 valence electrons. The maximum atomic E-state index is 13.2. The smallest absolute Gasteiger partial charge is 0.314 e. The molecule has 1 aromatic heterocycles. The van der Waals surface area contributed by atoms with Crippen LogP contribution < -0.4 is 4.74 Å². The molecule has 0 saturated heterocycles. The second-order valence-electron chi connectivity index (χ2n) is 4.31. The summed E-state index contributed by atoms with van der Waals surface area (Å²) in [4.78, 5) is 19.5. The van der Waals surface area contributed by atoms with Crippen molar-refractivity contribution in [2.24, 2.45) is 0 Å². The lowest BCUT2D eigenvalue weighted by Gasteiger charge is -2.12. The first-order valence-electron chi connectivity index (χ1n) is 6.05. The first-order chi connectivity index (χ1) is 10.0. The number of carboxylic acids is 1. The average molecular weight is 355 g/mol. The first-order valence-corrected chi connectivity index (χ1v) is 6.84. The fourth-order valence-corrected chi connectivity index (χ4v) is 2.22. The number of aliphatic carboxylic acids is 1.